The molecule has 26 nitrogen and oxygen atoms in total. The lowest BCUT2D eigenvalue weighted by Crippen LogP contribution is -2.39. The predicted molar refractivity (Wildman–Crippen MR) is 573 cm³/mol. The number of carbonyl (C=O) groups is 6. The van der Waals surface area contributed by atoms with Crippen LogP contribution >= 0.6 is 58.0 Å². The number of phenolic OH excluding ortho intramolecular Hbond substituents is 3. The summed E-state index contributed by atoms with van der Waals surface area (Å²) in [5, 5.41) is 47.7. The number of aromatic hydroxyl groups is 3. The van der Waals surface area contributed by atoms with Crippen LogP contribution in [0.3, 0.4) is 0 Å². The molecule has 6 unspecified atom stereocenters. The number of nitrogens with zero attached hydrogens (tertiary/aromatic N) is 2. The SMILES string of the molecule is CCCC(C(=O)Nc1cc(O)c(NC(=O)c2cc(Cl)cc(Cl)c2)cc1Cl)S(=O)(=O)c1ccc(OCCC(C)CC(C)(C)C)cc1.CCCCC(C)COc1ccc(S(=O)(=O)C(C(=O)Nc2cc(O)c(NC(=O)c3ccc(-c4ccccc4)cc3)cc2Cl)C(C)C)cc1.CCCCCCCCCCC(C)COc1ccc(S(=O)(=O)C(CC)C(=O)Nc2cc(O)c(NC(=O)c3ccn(-c4ccccc4)n3)cc2Cl)cc1. The Morgan fingerprint density at radius 1 is 0.385 bits per heavy atom. The molecule has 0 aliphatic carbocycles. The number of benzene rings is 10. The van der Waals surface area contributed by atoms with Crippen molar-refractivity contribution in [3.05, 3.63) is 267 Å². The molecule has 1 aromatic heterocycles. The van der Waals surface area contributed by atoms with E-state index in [9.17, 15) is 69.3 Å². The van der Waals surface area contributed by atoms with Crippen LogP contribution in [0.1, 0.15) is 223 Å². The van der Waals surface area contributed by atoms with Gasteiger partial charge in [0.1, 0.15) is 50.2 Å². The highest BCUT2D eigenvalue weighted by Gasteiger charge is 2.39. The van der Waals surface area contributed by atoms with Crippen molar-refractivity contribution in [1.29, 1.82) is 0 Å². The standard InChI is InChI=1S/C39H49ClN4O6S.C37H41ClN2O6S.C33H39Cl3N2O6S/c1-4-6-7-8-9-10-11-13-16-28(3)27-50-30-19-21-31(22-20-30)51(48,49)37(5-2)39(47)41-34-26-36(45)35(25-32(34)40)42-38(46)33-23-24-44(43-33)29-17-14-12-15-18-29;1-5-6-10-25(4)23-46-29-17-19-30(20-18-29)47(44,45)35(24(2)3)37(43)39-32-22-34(41)33(21-31(32)38)40-36(42)28-15-13-27(14-16-28)26-11-8-7-9-12-26;1-6-7-30(45(42,43)25-10-8-24(9-11-25)44-13-12-20(2)19-33(3,4)5)32(41)37-27-18-29(39)28(17-26(27)36)38-31(40)21-14-22(34)16-23(35)15-21/h12,14-15,17-26,28,37,45H,4-11,13,16,27H2,1-3H3,(H,41,47)(H,42,46);7-9,11-22,24-25,35,41H,5-6,10,23H2,1-4H3,(H,39,43)(H,40,42);8-11,14-18,20,30,39H,6-7,12-13,19H2,1-5H3,(H,37,41)(H,38,40). The molecule has 11 aromatic rings. The Hall–Kier alpha value is -11.7. The second-order valence-corrected chi connectivity index (χ2v) is 45.5. The summed E-state index contributed by atoms with van der Waals surface area (Å²) in [7, 11) is -12.3. The van der Waals surface area contributed by atoms with Gasteiger partial charge < -0.3 is 61.4 Å². The summed E-state index contributed by atoms with van der Waals surface area (Å²) < 4.78 is 101. The molecule has 0 fully saturated rings. The molecule has 766 valence electrons. The molecule has 10 aromatic carbocycles. The lowest BCUT2D eigenvalue weighted by Gasteiger charge is -2.23. The second kappa shape index (κ2) is 54.9. The Kier molecular flexibility index (Phi) is 44.1. The number of halogens is 5. The molecular weight excluding hydrogens is 1980 g/mol. The van der Waals surface area contributed by atoms with Gasteiger partial charge in [-0.2, -0.15) is 5.10 Å². The molecule has 0 bridgehead atoms. The molecule has 0 aliphatic rings. The number of nitrogens with one attached hydrogen (secondary N) is 6. The topological polar surface area (TPSA) is 383 Å². The number of sulfone groups is 3. The molecule has 34 heteroatoms. The van der Waals surface area contributed by atoms with Gasteiger partial charge in [-0.3, -0.25) is 28.8 Å². The first-order valence-electron chi connectivity index (χ1n) is 48.0. The highest BCUT2D eigenvalue weighted by molar-refractivity contribution is 7.93. The van der Waals surface area contributed by atoms with Gasteiger partial charge in [-0.05, 0) is 218 Å². The maximum Gasteiger partial charge on any atom is 0.276 e. The van der Waals surface area contributed by atoms with Crippen LogP contribution in [0.15, 0.2) is 239 Å². The third kappa shape index (κ3) is 34.5. The number of aromatic nitrogens is 2. The second-order valence-electron chi connectivity index (χ2n) is 37.1. The number of hydrogen-bond acceptors (Lipinski definition) is 19. The smallest absolute Gasteiger partial charge is 0.276 e. The molecule has 143 heavy (non-hydrogen) atoms. The van der Waals surface area contributed by atoms with Crippen LogP contribution in [0.2, 0.25) is 25.1 Å². The average Bonchev–Trinajstić information content (AvgIpc) is 1.03. The molecule has 0 saturated carbocycles. The summed E-state index contributed by atoms with van der Waals surface area (Å²) in [4.78, 5) is 78.4. The first kappa shape index (κ1) is 115. The van der Waals surface area contributed by atoms with E-state index in [-0.39, 0.29) is 115 Å². The molecule has 1 heterocycles. The van der Waals surface area contributed by atoms with E-state index in [0.29, 0.717) is 66.8 Å². The maximum absolute atomic E-state index is 13.6. The van der Waals surface area contributed by atoms with E-state index in [1.165, 1.54) is 136 Å². The van der Waals surface area contributed by atoms with E-state index < -0.39 is 92.4 Å². The maximum atomic E-state index is 13.6. The molecule has 0 spiro atoms. The van der Waals surface area contributed by atoms with Gasteiger partial charge >= 0.3 is 0 Å². The van der Waals surface area contributed by atoms with Crippen LogP contribution in [-0.2, 0) is 43.9 Å². The number of carbonyl (C=O) groups excluding carboxylic acids is 6. The summed E-state index contributed by atoms with van der Waals surface area (Å²) in [6.07, 6.45) is 18.6. The number of phenols is 3. The minimum Gasteiger partial charge on any atom is -0.506 e. The highest BCUT2D eigenvalue weighted by Crippen LogP contribution is 2.41. The average molecular weight is 2110 g/mol. The van der Waals surface area contributed by atoms with Gasteiger partial charge in [-0.15, -0.1) is 0 Å². The van der Waals surface area contributed by atoms with E-state index in [2.05, 4.69) is 92.4 Å². The van der Waals surface area contributed by atoms with Gasteiger partial charge in [-0.1, -0.05) is 272 Å². The largest absolute Gasteiger partial charge is 0.506 e. The van der Waals surface area contributed by atoms with Gasteiger partial charge in [0.15, 0.2) is 35.2 Å². The number of hydrogen-bond donors (Lipinski definition) is 9. The summed E-state index contributed by atoms with van der Waals surface area (Å²) >= 11 is 31.1. The summed E-state index contributed by atoms with van der Waals surface area (Å²) in [5.74, 6) is -2.93. The van der Waals surface area contributed by atoms with Crippen LogP contribution in [0.25, 0.3) is 16.8 Å². The van der Waals surface area contributed by atoms with Crippen molar-refractivity contribution in [3.63, 3.8) is 0 Å². The Bertz CT molecular complexity index is 6440. The van der Waals surface area contributed by atoms with Crippen LogP contribution in [0.5, 0.6) is 34.5 Å². The van der Waals surface area contributed by atoms with Gasteiger partial charge in [0.05, 0.1) is 89.4 Å². The van der Waals surface area contributed by atoms with Crippen molar-refractivity contribution >= 4 is 157 Å². The van der Waals surface area contributed by atoms with Gasteiger partial charge in [0.25, 0.3) is 17.7 Å². The third-order valence-electron chi connectivity index (χ3n) is 23.4. The Balaban J connectivity index is 0.000000240. The number of rotatable bonds is 47. The predicted octanol–water partition coefficient (Wildman–Crippen LogP) is 26.9. The summed E-state index contributed by atoms with van der Waals surface area (Å²) in [5.41, 5.74) is 3.53. The minimum absolute atomic E-state index is 0.000413. The van der Waals surface area contributed by atoms with E-state index in [1.807, 2.05) is 72.8 Å². The Morgan fingerprint density at radius 2 is 0.790 bits per heavy atom. The fourth-order valence-electron chi connectivity index (χ4n) is 15.8. The van der Waals surface area contributed by atoms with Crippen molar-refractivity contribution in [3.8, 4) is 51.3 Å². The Labute approximate surface area is 865 Å². The first-order valence-corrected chi connectivity index (χ1v) is 54.5. The fourth-order valence-corrected chi connectivity index (χ4v) is 22.2. The fraction of sp³-hybridized carbons (Fsp3) is 0.367. The first-order chi connectivity index (χ1) is 67.9. The van der Waals surface area contributed by atoms with Gasteiger partial charge in [0, 0.05) is 45.6 Å². The molecule has 11 rings (SSSR count). The van der Waals surface area contributed by atoms with E-state index >= 15 is 0 Å². The number of unbranched alkanes of at least 4 members (excludes halogenated alkanes) is 8. The number of anilines is 6. The molecule has 0 saturated heterocycles. The van der Waals surface area contributed by atoms with Crippen molar-refractivity contribution in [2.75, 3.05) is 51.7 Å². The number of para-hydroxylation sites is 1. The van der Waals surface area contributed by atoms with Crippen LogP contribution in [0.4, 0.5) is 34.1 Å². The van der Waals surface area contributed by atoms with Crippen molar-refractivity contribution in [2.24, 2.45) is 29.1 Å². The summed E-state index contributed by atoms with van der Waals surface area (Å²) in [6.45, 7) is 25.7. The van der Waals surface area contributed by atoms with Crippen LogP contribution in [-0.4, -0.2) is 121 Å². The molecule has 9 N–H and O–H groups in total. The monoisotopic (exact) mass is 2110 g/mol. The van der Waals surface area contributed by atoms with E-state index in [0.717, 1.165) is 67.5 Å². The van der Waals surface area contributed by atoms with Crippen LogP contribution < -0.4 is 46.1 Å². The van der Waals surface area contributed by atoms with Crippen LogP contribution in [0, 0.1) is 29.1 Å². The lowest BCUT2D eigenvalue weighted by atomic mass is 9.84. The van der Waals surface area contributed by atoms with Crippen molar-refractivity contribution < 1.29 is 83.6 Å². The zero-order valence-electron chi connectivity index (χ0n) is 82.5. The highest BCUT2D eigenvalue weighted by atomic mass is 35.5. The van der Waals surface area contributed by atoms with Crippen molar-refractivity contribution in [1.82, 2.24) is 9.78 Å². The number of amides is 6. The molecule has 0 radical (unpaired) electrons. The molecule has 0 aliphatic heterocycles. The quantitative estimate of drug-likeness (QED) is 0.0126. The van der Waals surface area contributed by atoms with E-state index in [4.69, 9.17) is 72.2 Å². The lowest BCUT2D eigenvalue weighted by molar-refractivity contribution is -0.117. The normalized spacial score (nSPS) is 12.8. The Morgan fingerprint density at radius 3 is 1.24 bits per heavy atom. The molecule has 6 atom stereocenters. The number of ether oxygens (including phenoxy) is 3. The molecular formula is C109H129Cl5N8O18S3. The zero-order valence-corrected chi connectivity index (χ0v) is 88.7. The molecule has 6 amide bonds. The van der Waals surface area contributed by atoms with Gasteiger partial charge in [0.2, 0.25) is 17.7 Å². The van der Waals surface area contributed by atoms with Crippen molar-refractivity contribution in [2.45, 2.75) is 223 Å². The summed E-state index contributed by atoms with van der Waals surface area (Å²) in [6, 6.07) is 57.3. The third-order valence-corrected chi connectivity index (χ3v) is 31.5. The van der Waals surface area contributed by atoms with E-state index in [1.54, 1.807) is 87.1 Å². The minimum atomic E-state index is -4.11. The zero-order chi connectivity index (χ0) is 104. The van der Waals surface area contributed by atoms with Gasteiger partial charge in [-0.25, -0.2) is 29.9 Å².